The smallest absolute Gasteiger partial charge is 0.338 e. The Hall–Kier alpha value is -1.86. The molecule has 2 aliphatic rings. The maximum atomic E-state index is 12.6. The minimum absolute atomic E-state index is 0.0352. The molecule has 0 aliphatic carbocycles. The molecular weight excluding hydrogens is 404 g/mol. The van der Waals surface area contributed by atoms with Crippen LogP contribution in [0, 0.1) is 0 Å². The lowest BCUT2D eigenvalue weighted by Crippen LogP contribution is -2.45. The summed E-state index contributed by atoms with van der Waals surface area (Å²) in [4.78, 5) is 31.4. The molecule has 1 aromatic rings. The minimum atomic E-state index is -0.529. The Morgan fingerprint density at radius 2 is 2.20 bits per heavy atom. The number of fused-ring (bicyclic) bond motifs is 1. The zero-order valence-electron chi connectivity index (χ0n) is 13.7. The van der Waals surface area contributed by atoms with Crippen LogP contribution < -0.4 is 0 Å². The fourth-order valence-corrected chi connectivity index (χ4v) is 4.10. The molecule has 1 fully saturated rings. The number of amides is 1. The molecule has 7 heteroatoms. The lowest BCUT2D eigenvalue weighted by molar-refractivity contribution is -0.139. The number of hydrogen-bond donors (Lipinski definition) is 0. The Kier molecular flexibility index (Phi) is 5.44. The van der Waals surface area contributed by atoms with Gasteiger partial charge in [0.1, 0.15) is 6.61 Å². The van der Waals surface area contributed by atoms with Gasteiger partial charge in [-0.2, -0.15) is 0 Å². The van der Waals surface area contributed by atoms with Crippen molar-refractivity contribution in [2.24, 2.45) is 4.99 Å². The lowest BCUT2D eigenvalue weighted by atomic mass is 9.94. The molecule has 25 heavy (non-hydrogen) atoms. The molecule has 2 aliphatic heterocycles. The van der Waals surface area contributed by atoms with Crippen LogP contribution in [0.1, 0.15) is 24.9 Å². The Bertz CT molecular complexity index is 786. The van der Waals surface area contributed by atoms with Gasteiger partial charge in [-0.1, -0.05) is 52.5 Å². The van der Waals surface area contributed by atoms with Crippen molar-refractivity contribution in [3.63, 3.8) is 0 Å². The van der Waals surface area contributed by atoms with E-state index in [1.54, 1.807) is 11.8 Å². The van der Waals surface area contributed by atoms with E-state index < -0.39 is 12.0 Å². The summed E-state index contributed by atoms with van der Waals surface area (Å²) < 4.78 is 6.18. The highest BCUT2D eigenvalue weighted by Gasteiger charge is 2.41. The van der Waals surface area contributed by atoms with Crippen LogP contribution in [0.2, 0.25) is 0 Å². The Labute approximate surface area is 159 Å². The van der Waals surface area contributed by atoms with Crippen LogP contribution in [0.5, 0.6) is 0 Å². The third-order valence-electron chi connectivity index (χ3n) is 3.94. The molecule has 0 aromatic heterocycles. The predicted molar refractivity (Wildman–Crippen MR) is 102 cm³/mol. The second-order valence-corrected chi connectivity index (χ2v) is 7.57. The first kappa shape index (κ1) is 17.9. The molecule has 3 rings (SSSR count). The summed E-state index contributed by atoms with van der Waals surface area (Å²) in [5.41, 5.74) is 1.82. The third-order valence-corrected chi connectivity index (χ3v) is 5.43. The SMILES string of the molecule is C=CCOC(=O)C1=C(C)N=C2SCCC(=O)N2[C@H]1c1ccc(Br)cc1. The first-order valence-corrected chi connectivity index (χ1v) is 9.58. The van der Waals surface area contributed by atoms with Crippen LogP contribution >= 0.6 is 27.7 Å². The molecule has 0 unspecified atom stereocenters. The molecule has 0 bridgehead atoms. The monoisotopic (exact) mass is 420 g/mol. The number of allylic oxidation sites excluding steroid dienone is 1. The van der Waals surface area contributed by atoms with Gasteiger partial charge in [0.2, 0.25) is 5.91 Å². The highest BCUT2D eigenvalue weighted by molar-refractivity contribution is 9.10. The normalized spacial score (nSPS) is 20.1. The highest BCUT2D eigenvalue weighted by Crippen LogP contribution is 2.40. The number of thioether (sulfide) groups is 1. The van der Waals surface area contributed by atoms with E-state index in [2.05, 4.69) is 27.5 Å². The average Bonchev–Trinajstić information content (AvgIpc) is 2.59. The summed E-state index contributed by atoms with van der Waals surface area (Å²) in [6.07, 6.45) is 1.94. The molecular formula is C18H17BrN2O3S. The maximum Gasteiger partial charge on any atom is 0.338 e. The van der Waals surface area contributed by atoms with Crippen LogP contribution in [0.4, 0.5) is 0 Å². The van der Waals surface area contributed by atoms with Gasteiger partial charge in [-0.25, -0.2) is 9.79 Å². The zero-order chi connectivity index (χ0) is 18.0. The number of esters is 1. The number of nitrogens with zero attached hydrogens (tertiary/aromatic N) is 2. The average molecular weight is 421 g/mol. The van der Waals surface area contributed by atoms with Gasteiger partial charge < -0.3 is 4.74 Å². The van der Waals surface area contributed by atoms with Crippen molar-refractivity contribution < 1.29 is 14.3 Å². The molecule has 0 saturated carbocycles. The number of carbonyl (C=O) groups excluding carboxylic acids is 2. The van der Waals surface area contributed by atoms with Crippen molar-refractivity contribution in [2.45, 2.75) is 19.4 Å². The molecule has 130 valence electrons. The third kappa shape index (κ3) is 3.57. The molecule has 0 N–H and O–H groups in total. The van der Waals surface area contributed by atoms with E-state index in [1.165, 1.54) is 17.8 Å². The van der Waals surface area contributed by atoms with Gasteiger partial charge in [0.15, 0.2) is 5.17 Å². The van der Waals surface area contributed by atoms with Gasteiger partial charge in [-0.15, -0.1) is 0 Å². The van der Waals surface area contributed by atoms with Crippen molar-refractivity contribution in [1.82, 2.24) is 4.90 Å². The molecule has 1 aromatic carbocycles. The Morgan fingerprint density at radius 1 is 1.48 bits per heavy atom. The summed E-state index contributed by atoms with van der Waals surface area (Å²) in [5.74, 6) is 0.188. The predicted octanol–water partition coefficient (Wildman–Crippen LogP) is 3.83. The zero-order valence-corrected chi connectivity index (χ0v) is 16.1. The van der Waals surface area contributed by atoms with Crippen LogP contribution in [0.15, 0.2) is 57.7 Å². The number of halogens is 1. The quantitative estimate of drug-likeness (QED) is 0.548. The van der Waals surface area contributed by atoms with E-state index in [0.717, 1.165) is 10.0 Å². The van der Waals surface area contributed by atoms with Crippen molar-refractivity contribution in [3.8, 4) is 0 Å². The molecule has 2 heterocycles. The van der Waals surface area contributed by atoms with Crippen LogP contribution in [0.3, 0.4) is 0 Å². The Morgan fingerprint density at radius 3 is 2.88 bits per heavy atom. The van der Waals surface area contributed by atoms with Crippen LogP contribution in [0.25, 0.3) is 0 Å². The van der Waals surface area contributed by atoms with Gasteiger partial charge in [0.25, 0.3) is 0 Å². The number of hydrogen-bond acceptors (Lipinski definition) is 5. The first-order valence-electron chi connectivity index (χ1n) is 7.80. The van der Waals surface area contributed by atoms with Gasteiger partial charge in [-0.05, 0) is 24.6 Å². The van der Waals surface area contributed by atoms with Crippen LogP contribution in [-0.4, -0.2) is 34.3 Å². The maximum absolute atomic E-state index is 12.6. The van der Waals surface area contributed by atoms with Gasteiger partial charge in [0.05, 0.1) is 17.3 Å². The van der Waals surface area contributed by atoms with Gasteiger partial charge in [-0.3, -0.25) is 9.69 Å². The number of carbonyl (C=O) groups is 2. The topological polar surface area (TPSA) is 59.0 Å². The van der Waals surface area contributed by atoms with E-state index in [1.807, 2.05) is 24.3 Å². The largest absolute Gasteiger partial charge is 0.458 e. The molecule has 1 amide bonds. The van der Waals surface area contributed by atoms with E-state index in [9.17, 15) is 9.59 Å². The molecule has 5 nitrogen and oxygen atoms in total. The van der Waals surface area contributed by atoms with Crippen molar-refractivity contribution in [2.75, 3.05) is 12.4 Å². The van der Waals surface area contributed by atoms with Gasteiger partial charge in [0, 0.05) is 16.6 Å². The molecule has 0 spiro atoms. The summed E-state index contributed by atoms with van der Waals surface area (Å²) in [5, 5.41) is 0.641. The molecule has 0 radical (unpaired) electrons. The Balaban J connectivity index is 2.11. The van der Waals surface area contributed by atoms with Crippen molar-refractivity contribution in [1.29, 1.82) is 0 Å². The summed E-state index contributed by atoms with van der Waals surface area (Å²) in [6.45, 7) is 5.46. The fraction of sp³-hybridized carbons (Fsp3) is 0.278. The first-order chi connectivity index (χ1) is 12.0. The van der Waals surface area contributed by atoms with Gasteiger partial charge >= 0.3 is 5.97 Å². The molecule has 1 atom stereocenters. The highest BCUT2D eigenvalue weighted by atomic mass is 79.9. The van der Waals surface area contributed by atoms with Crippen LogP contribution in [-0.2, 0) is 14.3 Å². The summed E-state index contributed by atoms with van der Waals surface area (Å²) >= 11 is 4.95. The fourth-order valence-electron chi connectivity index (χ4n) is 2.83. The van der Waals surface area contributed by atoms with E-state index >= 15 is 0 Å². The lowest BCUT2D eigenvalue weighted by Gasteiger charge is -2.38. The van der Waals surface area contributed by atoms with E-state index in [-0.39, 0.29) is 12.5 Å². The molecule has 1 saturated heterocycles. The number of aliphatic imine (C=N–C) groups is 1. The summed E-state index contributed by atoms with van der Waals surface area (Å²) in [7, 11) is 0. The van der Waals surface area contributed by atoms with E-state index in [0.29, 0.717) is 28.6 Å². The minimum Gasteiger partial charge on any atom is -0.458 e. The van der Waals surface area contributed by atoms with Crippen molar-refractivity contribution in [3.05, 3.63) is 58.2 Å². The van der Waals surface area contributed by atoms with E-state index in [4.69, 9.17) is 4.74 Å². The second kappa shape index (κ2) is 7.58. The standard InChI is InChI=1S/C18H17BrN2O3S/c1-3-9-24-17(23)15-11(2)20-18-21(14(22)8-10-25-18)16(15)12-4-6-13(19)7-5-12/h3-7,16H,1,8-10H2,2H3/t16-/m0/s1. The number of ether oxygens (including phenoxy) is 1. The number of benzene rings is 1. The summed E-state index contributed by atoms with van der Waals surface area (Å²) in [6, 6.07) is 7.06. The van der Waals surface area contributed by atoms with Crippen molar-refractivity contribution >= 4 is 44.7 Å². The number of rotatable bonds is 4. The second-order valence-electron chi connectivity index (χ2n) is 5.60. The number of amidine groups is 1.